The maximum Gasteiger partial charge on any atom is 0.339 e. The van der Waals surface area contributed by atoms with Crippen LogP contribution in [0.5, 0.6) is 0 Å². The number of imidazole rings is 1. The topological polar surface area (TPSA) is 99.0 Å². The van der Waals surface area contributed by atoms with Gasteiger partial charge in [0.15, 0.2) is 16.6 Å². The summed E-state index contributed by atoms with van der Waals surface area (Å²) in [6, 6.07) is 9.16. The van der Waals surface area contributed by atoms with Gasteiger partial charge in [0.2, 0.25) is 0 Å². The summed E-state index contributed by atoms with van der Waals surface area (Å²) in [5.74, 6) is 0.975. The van der Waals surface area contributed by atoms with E-state index >= 15 is 0 Å². The minimum absolute atomic E-state index is 0.135. The lowest BCUT2D eigenvalue weighted by Crippen LogP contribution is -2.38. The summed E-state index contributed by atoms with van der Waals surface area (Å²) in [5, 5.41) is 0.505. The van der Waals surface area contributed by atoms with Gasteiger partial charge in [-0.25, -0.2) is 24.1 Å². The van der Waals surface area contributed by atoms with E-state index in [-0.39, 0.29) is 11.3 Å². The predicted octanol–water partition coefficient (Wildman–Crippen LogP) is 3.04. The molecule has 29 heavy (non-hydrogen) atoms. The number of rotatable bonds is 7. The van der Waals surface area contributed by atoms with Gasteiger partial charge in [0.1, 0.15) is 5.52 Å². The smallest absolute Gasteiger partial charge is 0.339 e. The number of anilines is 1. The highest BCUT2D eigenvalue weighted by Crippen LogP contribution is 2.23. The Hall–Kier alpha value is -2.81. The Balaban J connectivity index is 2.21. The number of amides is 1. The van der Waals surface area contributed by atoms with Crippen molar-refractivity contribution in [3.8, 4) is 0 Å². The fourth-order valence-electron chi connectivity index (χ4n) is 3.09. The molecule has 8 nitrogen and oxygen atoms in total. The van der Waals surface area contributed by atoms with Gasteiger partial charge in [0.25, 0.3) is 0 Å². The summed E-state index contributed by atoms with van der Waals surface area (Å²) in [5.41, 5.74) is 7.32. The minimum Gasteiger partial charge on any atom is -0.382 e. The summed E-state index contributed by atoms with van der Waals surface area (Å²) in [6.07, 6.45) is 1.74. The van der Waals surface area contributed by atoms with Crippen molar-refractivity contribution in [1.29, 1.82) is 0 Å². The molecule has 0 unspecified atom stereocenters. The molecule has 2 aromatic heterocycles. The predicted molar refractivity (Wildman–Crippen MR) is 116 cm³/mol. The van der Waals surface area contributed by atoms with Crippen LogP contribution < -0.4 is 11.4 Å². The number of fused-ring (bicyclic) bond motifs is 1. The van der Waals surface area contributed by atoms with Gasteiger partial charge < -0.3 is 10.6 Å². The number of nitrogen functional groups attached to an aromatic ring is 1. The fraction of sp³-hybridized carbons (Fsp3) is 0.400. The molecular formula is C20H26N6O2S. The van der Waals surface area contributed by atoms with Gasteiger partial charge >= 0.3 is 11.7 Å². The van der Waals surface area contributed by atoms with Crippen LogP contribution in [0, 0.1) is 0 Å². The lowest BCUT2D eigenvalue weighted by Gasteiger charge is -2.16. The van der Waals surface area contributed by atoms with Gasteiger partial charge in [0, 0.05) is 19.3 Å². The number of carbonyl (C=O) groups is 1. The van der Waals surface area contributed by atoms with Crippen molar-refractivity contribution in [1.82, 2.24) is 24.0 Å². The quantitative estimate of drug-likeness (QED) is 0.471. The maximum absolute atomic E-state index is 13.3. The highest BCUT2D eigenvalue weighted by atomic mass is 32.2. The number of benzene rings is 1. The van der Waals surface area contributed by atoms with Crippen LogP contribution in [-0.4, -0.2) is 49.4 Å². The zero-order valence-electron chi connectivity index (χ0n) is 17.0. The summed E-state index contributed by atoms with van der Waals surface area (Å²) in [7, 11) is 1.67. The molecule has 2 N–H and O–H groups in total. The van der Waals surface area contributed by atoms with E-state index in [1.807, 2.05) is 37.3 Å². The second-order valence-electron chi connectivity index (χ2n) is 6.81. The molecule has 0 aliphatic carbocycles. The second kappa shape index (κ2) is 9.13. The molecule has 9 heteroatoms. The second-order valence-corrected chi connectivity index (χ2v) is 7.87. The molecule has 0 aliphatic heterocycles. The molecule has 2 heterocycles. The lowest BCUT2D eigenvalue weighted by molar-refractivity contribution is 0.210. The van der Waals surface area contributed by atoms with Crippen LogP contribution in [0.4, 0.5) is 10.6 Å². The van der Waals surface area contributed by atoms with Gasteiger partial charge in [-0.3, -0.25) is 4.57 Å². The zero-order valence-corrected chi connectivity index (χ0v) is 17.8. The Kier molecular flexibility index (Phi) is 6.58. The van der Waals surface area contributed by atoms with Gasteiger partial charge in [-0.1, -0.05) is 55.9 Å². The van der Waals surface area contributed by atoms with E-state index in [9.17, 15) is 9.59 Å². The molecule has 0 saturated carbocycles. The number of hydrogen-bond donors (Lipinski definition) is 1. The molecule has 0 radical (unpaired) electrons. The van der Waals surface area contributed by atoms with E-state index in [1.54, 1.807) is 7.05 Å². The monoisotopic (exact) mass is 414 g/mol. The van der Waals surface area contributed by atoms with E-state index in [1.165, 1.54) is 21.2 Å². The first kappa shape index (κ1) is 20.9. The highest BCUT2D eigenvalue weighted by molar-refractivity contribution is 7.99. The number of carbonyl (C=O) groups excluding carboxylic acids is 1. The third-order valence-electron chi connectivity index (χ3n) is 4.47. The Morgan fingerprint density at radius 3 is 2.55 bits per heavy atom. The summed E-state index contributed by atoms with van der Waals surface area (Å²) in [4.78, 5) is 36.7. The third-order valence-corrected chi connectivity index (χ3v) is 5.52. The van der Waals surface area contributed by atoms with E-state index < -0.39 is 11.7 Å². The largest absolute Gasteiger partial charge is 0.382 e. The van der Waals surface area contributed by atoms with Crippen LogP contribution >= 0.6 is 11.8 Å². The molecule has 3 rings (SSSR count). The number of hydrogen-bond acceptors (Lipinski definition) is 6. The minimum atomic E-state index is -0.463. The molecule has 0 fully saturated rings. The molecule has 0 atom stereocenters. The Labute approximate surface area is 173 Å². The lowest BCUT2D eigenvalue weighted by atomic mass is 10.2. The average molecular weight is 415 g/mol. The van der Waals surface area contributed by atoms with Crippen molar-refractivity contribution in [2.75, 3.05) is 25.1 Å². The van der Waals surface area contributed by atoms with Gasteiger partial charge in [0.05, 0.1) is 6.54 Å². The van der Waals surface area contributed by atoms with Crippen molar-refractivity contribution >= 4 is 34.8 Å². The molecule has 0 bridgehead atoms. The SMILES string of the molecule is CCCSc1nc(N)c2c(n1)n(Cc1ccccc1)c(=O)n2C(=O)N(C)CCC. The highest BCUT2D eigenvalue weighted by Gasteiger charge is 2.25. The van der Waals surface area contributed by atoms with E-state index in [0.29, 0.717) is 23.9 Å². The van der Waals surface area contributed by atoms with Crippen LogP contribution in [-0.2, 0) is 6.54 Å². The molecule has 0 aliphatic rings. The van der Waals surface area contributed by atoms with E-state index in [2.05, 4.69) is 16.9 Å². The Morgan fingerprint density at radius 1 is 1.17 bits per heavy atom. The van der Waals surface area contributed by atoms with Gasteiger partial charge in [-0.2, -0.15) is 0 Å². The average Bonchev–Trinajstić information content (AvgIpc) is 2.99. The van der Waals surface area contributed by atoms with Crippen LogP contribution in [0.3, 0.4) is 0 Å². The van der Waals surface area contributed by atoms with Crippen molar-refractivity contribution in [3.63, 3.8) is 0 Å². The molecule has 154 valence electrons. The van der Waals surface area contributed by atoms with Crippen molar-refractivity contribution in [2.24, 2.45) is 0 Å². The molecular weight excluding hydrogens is 388 g/mol. The Morgan fingerprint density at radius 2 is 1.90 bits per heavy atom. The first-order valence-corrected chi connectivity index (χ1v) is 10.7. The molecule has 0 saturated heterocycles. The van der Waals surface area contributed by atoms with E-state index in [4.69, 9.17) is 5.73 Å². The number of aromatic nitrogens is 4. The summed E-state index contributed by atoms with van der Waals surface area (Å²) < 4.78 is 2.59. The normalized spacial score (nSPS) is 11.1. The number of thioether (sulfide) groups is 1. The van der Waals surface area contributed by atoms with Crippen LogP contribution in [0.2, 0.25) is 0 Å². The van der Waals surface area contributed by atoms with Gasteiger partial charge in [-0.15, -0.1) is 0 Å². The standard InChI is InChI=1S/C20H26N6O2S/c1-4-11-24(3)19(27)26-15-16(21)22-18(29-12-5-2)23-17(15)25(20(26)28)13-14-9-7-6-8-10-14/h6-10H,4-5,11-13H2,1-3H3,(H2,21,22,23). The summed E-state index contributed by atoms with van der Waals surface area (Å²) >= 11 is 1.48. The first-order chi connectivity index (χ1) is 14.0. The first-order valence-electron chi connectivity index (χ1n) is 9.68. The molecule has 1 amide bonds. The molecule has 1 aromatic carbocycles. The van der Waals surface area contributed by atoms with Crippen LogP contribution in [0.1, 0.15) is 32.3 Å². The van der Waals surface area contributed by atoms with E-state index in [0.717, 1.165) is 28.7 Å². The van der Waals surface area contributed by atoms with Crippen molar-refractivity contribution in [3.05, 3.63) is 46.4 Å². The maximum atomic E-state index is 13.3. The van der Waals surface area contributed by atoms with Crippen LogP contribution in [0.15, 0.2) is 40.3 Å². The Bertz CT molecular complexity index is 1060. The fourth-order valence-corrected chi connectivity index (χ4v) is 3.80. The van der Waals surface area contributed by atoms with Crippen molar-refractivity contribution in [2.45, 2.75) is 38.4 Å². The summed E-state index contributed by atoms with van der Waals surface area (Å²) in [6.45, 7) is 4.86. The van der Waals surface area contributed by atoms with Crippen molar-refractivity contribution < 1.29 is 4.79 Å². The van der Waals surface area contributed by atoms with Gasteiger partial charge in [-0.05, 0) is 18.4 Å². The molecule has 0 spiro atoms. The number of nitrogens with two attached hydrogens (primary N) is 1. The number of nitrogens with zero attached hydrogens (tertiary/aromatic N) is 5. The zero-order chi connectivity index (χ0) is 21.0. The van der Waals surface area contributed by atoms with Crippen LogP contribution in [0.25, 0.3) is 11.2 Å². The third kappa shape index (κ3) is 4.29. The molecule has 3 aromatic rings.